The number of rotatable bonds is 9. The van der Waals surface area contributed by atoms with Crippen LogP contribution in [0.5, 0.6) is 0 Å². The number of fused-ring (bicyclic) bond motifs is 5. The summed E-state index contributed by atoms with van der Waals surface area (Å²) in [6, 6.07) is 0.0176. The van der Waals surface area contributed by atoms with E-state index in [4.69, 9.17) is 0 Å². The zero-order valence-electron chi connectivity index (χ0n) is 19.9. The standard InChI is InChI=1S/C25H41N3O3S/c1-24-12-4-3-6-18(24)16-21(27-30)23-19-10-9-17(25(19,2)13-11-20(23)24)7-5-8-22(29)26-14-15-32-28-31/h17-21,23H,3-16H2,1-2H3,(H,26,29)/t17?,18-,19?,20?,21?,23-,24-,25+/m0/s1. The molecule has 0 radical (unpaired) electrons. The van der Waals surface area contributed by atoms with Crippen molar-refractivity contribution in [2.75, 3.05) is 12.3 Å². The summed E-state index contributed by atoms with van der Waals surface area (Å²) in [5, 5.41) is 6.65. The maximum absolute atomic E-state index is 12.1. The molecule has 7 heteroatoms. The highest BCUT2D eigenvalue weighted by Gasteiger charge is 2.62. The molecule has 0 heterocycles. The first kappa shape index (κ1) is 24.2. The minimum atomic E-state index is 0.0176. The van der Waals surface area contributed by atoms with Gasteiger partial charge in [0, 0.05) is 35.2 Å². The largest absolute Gasteiger partial charge is 0.355 e. The lowest BCUT2D eigenvalue weighted by Gasteiger charge is -2.61. The van der Waals surface area contributed by atoms with Crippen LogP contribution in [-0.4, -0.2) is 24.2 Å². The Morgan fingerprint density at radius 2 is 1.84 bits per heavy atom. The Hall–Kier alpha value is -0.980. The van der Waals surface area contributed by atoms with Crippen molar-refractivity contribution < 1.29 is 4.79 Å². The normalized spacial score (nSPS) is 42.9. The van der Waals surface area contributed by atoms with Gasteiger partial charge in [0.15, 0.2) is 0 Å². The molecule has 4 fully saturated rings. The summed E-state index contributed by atoms with van der Waals surface area (Å²) in [5.74, 6) is 3.73. The monoisotopic (exact) mass is 463 g/mol. The highest BCUT2D eigenvalue weighted by Crippen LogP contribution is 2.68. The van der Waals surface area contributed by atoms with E-state index < -0.39 is 0 Å². The van der Waals surface area contributed by atoms with Gasteiger partial charge in [0.1, 0.15) is 0 Å². The summed E-state index contributed by atoms with van der Waals surface area (Å²) in [5.41, 5.74) is 0.712. The maximum Gasteiger partial charge on any atom is 0.220 e. The van der Waals surface area contributed by atoms with E-state index in [0.29, 0.717) is 59.1 Å². The Kier molecular flexibility index (Phi) is 7.63. The fourth-order valence-corrected chi connectivity index (χ4v) is 9.09. The van der Waals surface area contributed by atoms with Gasteiger partial charge in [0.2, 0.25) is 5.91 Å². The third-order valence-electron chi connectivity index (χ3n) is 10.5. The van der Waals surface area contributed by atoms with Crippen LogP contribution in [0.15, 0.2) is 9.76 Å². The van der Waals surface area contributed by atoms with Gasteiger partial charge in [-0.15, -0.1) is 4.91 Å². The van der Waals surface area contributed by atoms with Crippen molar-refractivity contribution in [1.82, 2.24) is 5.32 Å². The van der Waals surface area contributed by atoms with Gasteiger partial charge in [-0.05, 0) is 98.2 Å². The average Bonchev–Trinajstić information content (AvgIpc) is 3.12. The molecule has 4 aliphatic rings. The molecule has 0 saturated heterocycles. The summed E-state index contributed by atoms with van der Waals surface area (Å²) in [7, 11) is 0. The number of carbonyl (C=O) groups is 1. The lowest BCUT2D eigenvalue weighted by atomic mass is 9.43. The van der Waals surface area contributed by atoms with Crippen molar-refractivity contribution in [2.45, 2.75) is 96.9 Å². The van der Waals surface area contributed by atoms with E-state index in [2.05, 4.69) is 28.9 Å². The number of nitrogens with zero attached hydrogens (tertiary/aromatic N) is 2. The fourth-order valence-electron chi connectivity index (χ4n) is 8.82. The molecule has 32 heavy (non-hydrogen) atoms. The first-order chi connectivity index (χ1) is 15.4. The topological polar surface area (TPSA) is 88.0 Å². The van der Waals surface area contributed by atoms with Crippen molar-refractivity contribution in [3.63, 3.8) is 0 Å². The van der Waals surface area contributed by atoms with Crippen LogP contribution < -0.4 is 5.32 Å². The van der Waals surface area contributed by atoms with Crippen molar-refractivity contribution in [3.05, 3.63) is 9.81 Å². The van der Waals surface area contributed by atoms with Crippen molar-refractivity contribution in [1.29, 1.82) is 0 Å². The molecule has 6 nitrogen and oxygen atoms in total. The first-order valence-electron chi connectivity index (χ1n) is 13.0. The predicted molar refractivity (Wildman–Crippen MR) is 130 cm³/mol. The zero-order valence-corrected chi connectivity index (χ0v) is 20.7. The molecule has 4 unspecified atom stereocenters. The highest BCUT2D eigenvalue weighted by molar-refractivity contribution is 7.97. The van der Waals surface area contributed by atoms with E-state index in [1.165, 1.54) is 51.4 Å². The van der Waals surface area contributed by atoms with E-state index in [1.807, 2.05) is 0 Å². The van der Waals surface area contributed by atoms with E-state index >= 15 is 0 Å². The van der Waals surface area contributed by atoms with Crippen LogP contribution in [0.4, 0.5) is 0 Å². The summed E-state index contributed by atoms with van der Waals surface area (Å²) in [4.78, 5) is 34.2. The second-order valence-electron chi connectivity index (χ2n) is 11.6. The summed E-state index contributed by atoms with van der Waals surface area (Å²) >= 11 is 0.949. The van der Waals surface area contributed by atoms with Crippen LogP contribution in [0.3, 0.4) is 0 Å². The highest BCUT2D eigenvalue weighted by atomic mass is 32.2. The summed E-state index contributed by atoms with van der Waals surface area (Å²) < 4.78 is 2.75. The predicted octanol–water partition coefficient (Wildman–Crippen LogP) is 6.48. The molecule has 4 saturated carbocycles. The van der Waals surface area contributed by atoms with Crippen molar-refractivity contribution in [3.8, 4) is 0 Å². The number of nitrogens with one attached hydrogen (secondary N) is 1. The Bertz CT molecular complexity index is 706. The van der Waals surface area contributed by atoms with Gasteiger partial charge in [-0.1, -0.05) is 31.9 Å². The van der Waals surface area contributed by atoms with Crippen LogP contribution >= 0.6 is 11.9 Å². The Labute approximate surface area is 197 Å². The second-order valence-corrected chi connectivity index (χ2v) is 12.4. The van der Waals surface area contributed by atoms with Gasteiger partial charge in [0.05, 0.1) is 6.04 Å². The molecule has 1 N–H and O–H groups in total. The number of amides is 1. The molecular weight excluding hydrogens is 422 g/mol. The van der Waals surface area contributed by atoms with Crippen molar-refractivity contribution >= 4 is 17.9 Å². The molecule has 4 rings (SSSR count). The van der Waals surface area contributed by atoms with E-state index in [0.717, 1.165) is 31.2 Å². The third-order valence-corrected chi connectivity index (χ3v) is 10.9. The van der Waals surface area contributed by atoms with Gasteiger partial charge in [-0.25, -0.2) is 0 Å². The number of hydrogen-bond donors (Lipinski definition) is 1. The number of hydrogen-bond acceptors (Lipinski definition) is 6. The van der Waals surface area contributed by atoms with Crippen molar-refractivity contribution in [2.24, 2.45) is 50.2 Å². The lowest BCUT2D eigenvalue weighted by Crippen LogP contribution is -2.57. The van der Waals surface area contributed by atoms with Gasteiger partial charge >= 0.3 is 0 Å². The third kappa shape index (κ3) is 4.39. The Balaban J connectivity index is 1.37. The smallest absolute Gasteiger partial charge is 0.220 e. The first-order valence-corrected chi connectivity index (χ1v) is 13.9. The molecule has 8 atom stereocenters. The molecule has 0 aromatic carbocycles. The molecule has 0 bridgehead atoms. The zero-order chi connectivity index (χ0) is 22.8. The van der Waals surface area contributed by atoms with Gasteiger partial charge in [-0.2, -0.15) is 4.91 Å². The van der Waals surface area contributed by atoms with Gasteiger partial charge < -0.3 is 5.32 Å². The second kappa shape index (κ2) is 10.1. The Morgan fingerprint density at radius 3 is 2.62 bits per heavy atom. The van der Waals surface area contributed by atoms with Crippen LogP contribution in [0.1, 0.15) is 90.9 Å². The fraction of sp³-hybridized carbons (Fsp3) is 0.960. The minimum Gasteiger partial charge on any atom is -0.355 e. The molecule has 4 aliphatic carbocycles. The molecule has 0 aliphatic heterocycles. The van der Waals surface area contributed by atoms with Crippen LogP contribution in [0.2, 0.25) is 0 Å². The Morgan fingerprint density at radius 1 is 1.03 bits per heavy atom. The van der Waals surface area contributed by atoms with Crippen LogP contribution in [0.25, 0.3) is 0 Å². The van der Waals surface area contributed by atoms with Gasteiger partial charge in [0.25, 0.3) is 0 Å². The lowest BCUT2D eigenvalue weighted by molar-refractivity contribution is -0.122. The van der Waals surface area contributed by atoms with Gasteiger partial charge in [-0.3, -0.25) is 4.79 Å². The minimum absolute atomic E-state index is 0.0176. The van der Waals surface area contributed by atoms with Crippen LogP contribution in [-0.2, 0) is 4.79 Å². The molecular formula is C25H41N3O3S. The molecule has 0 spiro atoms. The van der Waals surface area contributed by atoms with Crippen LogP contribution in [0, 0.1) is 50.2 Å². The average molecular weight is 464 g/mol. The van der Waals surface area contributed by atoms with E-state index in [1.54, 1.807) is 0 Å². The van der Waals surface area contributed by atoms with E-state index in [9.17, 15) is 14.6 Å². The number of nitroso groups, excluding NO2 is 2. The molecule has 1 amide bonds. The quantitative estimate of drug-likeness (QED) is 0.241. The molecule has 0 aromatic rings. The molecule has 180 valence electrons. The van der Waals surface area contributed by atoms with E-state index in [-0.39, 0.29) is 11.9 Å². The summed E-state index contributed by atoms with van der Waals surface area (Å²) in [6.07, 6.45) is 13.9. The SMILES string of the molecule is C[C@]12CCC3[C@@H](C(N=O)C[C@@H]4CCCC[C@]34C)C1CCC2CCCC(=O)NCCSN=O. The number of carbonyl (C=O) groups excluding carboxylic acids is 1. The molecule has 0 aromatic heterocycles. The summed E-state index contributed by atoms with van der Waals surface area (Å²) in [6.45, 7) is 5.54. The maximum atomic E-state index is 12.1.